The summed E-state index contributed by atoms with van der Waals surface area (Å²) in [4.78, 5) is 11.0. The van der Waals surface area contributed by atoms with Crippen LogP contribution in [0.5, 0.6) is 0 Å². The second-order valence-corrected chi connectivity index (χ2v) is 4.77. The lowest BCUT2D eigenvalue weighted by Crippen LogP contribution is -2.33. The van der Waals surface area contributed by atoms with E-state index in [0.717, 1.165) is 18.1 Å². The number of hydrogen-bond acceptors (Lipinski definition) is 2. The van der Waals surface area contributed by atoms with Crippen LogP contribution in [0.15, 0.2) is 0 Å². The predicted molar refractivity (Wildman–Crippen MR) is 56.9 cm³/mol. The largest absolute Gasteiger partial charge is 0.353 e. The zero-order valence-corrected chi connectivity index (χ0v) is 9.58. The highest BCUT2D eigenvalue weighted by Crippen LogP contribution is 2.27. The lowest BCUT2D eigenvalue weighted by atomic mass is 10.2. The van der Waals surface area contributed by atoms with Crippen LogP contribution < -0.4 is 5.32 Å². The molecule has 1 N–H and O–H groups in total. The molecular weight excluding hydrogens is 238 g/mol. The van der Waals surface area contributed by atoms with Gasteiger partial charge in [-0.1, -0.05) is 15.9 Å². The number of hydrogen-bond donors (Lipinski definition) is 1. The van der Waals surface area contributed by atoms with Gasteiger partial charge in [0, 0.05) is 11.3 Å². The molecule has 1 fully saturated rings. The van der Waals surface area contributed by atoms with Crippen molar-refractivity contribution in [1.29, 1.82) is 0 Å². The average Bonchev–Trinajstić information content (AvgIpc) is 2.52. The Hall–Kier alpha value is 0.300. The minimum atomic E-state index is 0.113. The molecule has 1 rings (SSSR count). The van der Waals surface area contributed by atoms with Crippen molar-refractivity contribution >= 4 is 33.6 Å². The van der Waals surface area contributed by atoms with Gasteiger partial charge in [0.1, 0.15) is 0 Å². The van der Waals surface area contributed by atoms with Crippen molar-refractivity contribution in [3.05, 3.63) is 0 Å². The molecule has 1 aliphatic rings. The molecule has 1 aliphatic carbocycles. The normalized spacial score (nSPS) is 28.8. The zero-order chi connectivity index (χ0) is 8.97. The minimum absolute atomic E-state index is 0.113. The number of thioether (sulfide) groups is 1. The first-order valence-corrected chi connectivity index (χ1v) is 6.55. The molecule has 1 saturated carbocycles. The summed E-state index contributed by atoms with van der Waals surface area (Å²) in [5, 5.41) is 4.17. The molecule has 4 heteroatoms. The van der Waals surface area contributed by atoms with Gasteiger partial charge in [0.25, 0.3) is 0 Å². The van der Waals surface area contributed by atoms with Gasteiger partial charge in [-0.25, -0.2) is 0 Å². The van der Waals surface area contributed by atoms with Crippen molar-refractivity contribution < 1.29 is 4.79 Å². The van der Waals surface area contributed by atoms with Crippen LogP contribution in [0.2, 0.25) is 0 Å². The fourth-order valence-corrected chi connectivity index (χ4v) is 2.51. The van der Waals surface area contributed by atoms with E-state index in [-0.39, 0.29) is 5.91 Å². The van der Waals surface area contributed by atoms with E-state index in [1.54, 1.807) is 0 Å². The molecular formula is C8H14BrNOS. The Morgan fingerprint density at radius 1 is 1.67 bits per heavy atom. The predicted octanol–water partition coefficient (Wildman–Crippen LogP) is 1.78. The lowest BCUT2D eigenvalue weighted by molar-refractivity contribution is -0.119. The van der Waals surface area contributed by atoms with Crippen LogP contribution >= 0.6 is 27.7 Å². The van der Waals surface area contributed by atoms with Crippen LogP contribution in [0.1, 0.15) is 19.3 Å². The number of carbonyl (C=O) groups excluding carboxylic acids is 1. The molecule has 70 valence electrons. The van der Waals surface area contributed by atoms with Crippen LogP contribution in [-0.4, -0.2) is 28.8 Å². The number of nitrogens with one attached hydrogen (secondary N) is 1. The first kappa shape index (κ1) is 10.4. The van der Waals surface area contributed by atoms with Gasteiger partial charge in [-0.2, -0.15) is 11.8 Å². The lowest BCUT2D eigenvalue weighted by Gasteiger charge is -2.10. The summed E-state index contributed by atoms with van der Waals surface area (Å²) >= 11 is 5.04. The van der Waals surface area contributed by atoms with Gasteiger partial charge in [0.05, 0.1) is 5.33 Å². The van der Waals surface area contributed by atoms with Crippen molar-refractivity contribution in [2.24, 2.45) is 0 Å². The summed E-state index contributed by atoms with van der Waals surface area (Å²) in [6, 6.07) is 0.424. The molecule has 0 radical (unpaired) electrons. The Balaban J connectivity index is 2.23. The molecule has 0 saturated heterocycles. The van der Waals surface area contributed by atoms with E-state index in [2.05, 4.69) is 27.5 Å². The maximum absolute atomic E-state index is 11.0. The maximum Gasteiger partial charge on any atom is 0.230 e. The molecule has 2 unspecified atom stereocenters. The number of halogens is 1. The Morgan fingerprint density at radius 3 is 2.92 bits per heavy atom. The molecule has 0 aromatic heterocycles. The number of amides is 1. The highest BCUT2D eigenvalue weighted by molar-refractivity contribution is 9.09. The smallest absolute Gasteiger partial charge is 0.230 e. The number of carbonyl (C=O) groups is 1. The first-order chi connectivity index (χ1) is 5.76. The molecule has 0 heterocycles. The summed E-state index contributed by atoms with van der Waals surface area (Å²) in [5.41, 5.74) is 0. The van der Waals surface area contributed by atoms with Crippen molar-refractivity contribution in [3.8, 4) is 0 Å². The second kappa shape index (κ2) is 5.12. The molecule has 0 aliphatic heterocycles. The summed E-state index contributed by atoms with van der Waals surface area (Å²) in [6.45, 7) is 0. The molecule has 2 atom stereocenters. The fraction of sp³-hybridized carbons (Fsp3) is 0.875. The van der Waals surface area contributed by atoms with E-state index < -0.39 is 0 Å². The van der Waals surface area contributed by atoms with Crippen LogP contribution in [0.3, 0.4) is 0 Å². The Bertz CT molecular complexity index is 165. The van der Waals surface area contributed by atoms with Crippen molar-refractivity contribution in [1.82, 2.24) is 5.32 Å². The molecule has 1 amide bonds. The standard InChI is InChI=1S/C8H14BrNOS/c1-12-7-3-2-6(4-7)10-8(11)5-9/h6-7H,2-5H2,1H3,(H,10,11). The minimum Gasteiger partial charge on any atom is -0.353 e. The van der Waals surface area contributed by atoms with Crippen LogP contribution in [-0.2, 0) is 4.79 Å². The summed E-state index contributed by atoms with van der Waals surface area (Å²) in [6.07, 6.45) is 5.66. The Morgan fingerprint density at radius 2 is 2.42 bits per heavy atom. The van der Waals surface area contributed by atoms with Crippen molar-refractivity contribution in [2.75, 3.05) is 11.6 Å². The third-order valence-electron chi connectivity index (χ3n) is 2.20. The van der Waals surface area contributed by atoms with E-state index in [1.165, 1.54) is 6.42 Å². The van der Waals surface area contributed by atoms with Crippen molar-refractivity contribution in [3.63, 3.8) is 0 Å². The highest BCUT2D eigenvalue weighted by atomic mass is 79.9. The third kappa shape index (κ3) is 2.98. The van der Waals surface area contributed by atoms with Gasteiger partial charge in [0.2, 0.25) is 5.91 Å². The van der Waals surface area contributed by atoms with Gasteiger partial charge in [-0.3, -0.25) is 4.79 Å². The molecule has 0 spiro atoms. The topological polar surface area (TPSA) is 29.1 Å². The summed E-state index contributed by atoms with van der Waals surface area (Å²) in [7, 11) is 0. The molecule has 2 nitrogen and oxygen atoms in total. The van der Waals surface area contributed by atoms with Gasteiger partial charge < -0.3 is 5.32 Å². The van der Waals surface area contributed by atoms with Crippen LogP contribution in [0.25, 0.3) is 0 Å². The quantitative estimate of drug-likeness (QED) is 0.776. The van der Waals surface area contributed by atoms with Gasteiger partial charge in [-0.05, 0) is 25.5 Å². The maximum atomic E-state index is 11.0. The fourth-order valence-electron chi connectivity index (χ4n) is 1.55. The average molecular weight is 252 g/mol. The first-order valence-electron chi connectivity index (χ1n) is 4.14. The van der Waals surface area contributed by atoms with Crippen LogP contribution in [0.4, 0.5) is 0 Å². The van der Waals surface area contributed by atoms with Gasteiger partial charge in [0.15, 0.2) is 0 Å². The summed E-state index contributed by atoms with van der Waals surface area (Å²) < 4.78 is 0. The van der Waals surface area contributed by atoms with E-state index in [9.17, 15) is 4.79 Å². The van der Waals surface area contributed by atoms with Gasteiger partial charge >= 0.3 is 0 Å². The molecule has 12 heavy (non-hydrogen) atoms. The highest BCUT2D eigenvalue weighted by Gasteiger charge is 2.24. The second-order valence-electron chi connectivity index (χ2n) is 3.07. The van der Waals surface area contributed by atoms with E-state index >= 15 is 0 Å². The van der Waals surface area contributed by atoms with E-state index in [1.807, 2.05) is 11.8 Å². The van der Waals surface area contributed by atoms with E-state index in [0.29, 0.717) is 11.4 Å². The monoisotopic (exact) mass is 251 g/mol. The Kier molecular flexibility index (Phi) is 4.43. The van der Waals surface area contributed by atoms with Gasteiger partial charge in [-0.15, -0.1) is 0 Å². The number of alkyl halides is 1. The molecule has 0 bridgehead atoms. The van der Waals surface area contributed by atoms with E-state index in [4.69, 9.17) is 0 Å². The van der Waals surface area contributed by atoms with Crippen molar-refractivity contribution in [2.45, 2.75) is 30.6 Å². The SMILES string of the molecule is CSC1CCC(NC(=O)CBr)C1. The van der Waals surface area contributed by atoms with Crippen LogP contribution in [0, 0.1) is 0 Å². The zero-order valence-electron chi connectivity index (χ0n) is 7.18. The molecule has 0 aromatic carbocycles. The molecule has 0 aromatic rings. The summed E-state index contributed by atoms with van der Waals surface area (Å²) in [5.74, 6) is 0.113. The Labute approximate surface area is 86.0 Å². The number of rotatable bonds is 3. The third-order valence-corrected chi connectivity index (χ3v) is 3.81.